The van der Waals surface area contributed by atoms with E-state index in [1.807, 2.05) is 36.7 Å². The van der Waals surface area contributed by atoms with Crippen LogP contribution in [0.25, 0.3) is 0 Å². The summed E-state index contributed by atoms with van der Waals surface area (Å²) in [5, 5.41) is 20.8. The number of hydrogen-bond donors (Lipinski definition) is 3. The van der Waals surface area contributed by atoms with Gasteiger partial charge in [0.25, 0.3) is 0 Å². The zero-order chi connectivity index (χ0) is 24.6. The van der Waals surface area contributed by atoms with E-state index in [0.717, 1.165) is 33.5 Å². The topological polar surface area (TPSA) is 117 Å². The minimum absolute atomic E-state index is 0.0971. The molecule has 2 aromatic heterocycles. The van der Waals surface area contributed by atoms with Crippen LogP contribution >= 0.6 is 23.1 Å². The lowest BCUT2D eigenvalue weighted by atomic mass is 10.1. The normalized spacial score (nSPS) is 10.5. The molecule has 0 bridgehead atoms. The number of aromatic nitrogens is 1. The average molecular weight is 495 g/mol. The summed E-state index contributed by atoms with van der Waals surface area (Å²) in [6.45, 7) is 5.41. The van der Waals surface area contributed by atoms with Crippen LogP contribution < -0.4 is 5.32 Å². The highest BCUT2D eigenvalue weighted by atomic mass is 32.2. The third kappa shape index (κ3) is 11.5. The first-order valence-corrected chi connectivity index (χ1v) is 13.0. The van der Waals surface area contributed by atoms with Crippen LogP contribution in [0.1, 0.15) is 79.2 Å². The number of carboxylic acid groups (broad SMARTS) is 2. The summed E-state index contributed by atoms with van der Waals surface area (Å²) in [4.78, 5) is 36.6. The standard InChI is InChI=1S/C22H32N2OS2.C2H2O4/c1-17(2)19-13-12-18(21(25)20-11-10-16-26-20)22(24-19)27-15-9-7-5-4-6-8-14-23-3;3-1(4)2(5)6/h10-13,16-17,23H,4-9,14-15H2,1-3H3;(H,3,4)(H,5,6). The van der Waals surface area contributed by atoms with Crippen molar-refractivity contribution in [2.24, 2.45) is 0 Å². The quantitative estimate of drug-likeness (QED) is 0.149. The highest BCUT2D eigenvalue weighted by Gasteiger charge is 2.17. The van der Waals surface area contributed by atoms with Crippen LogP contribution in [0.15, 0.2) is 34.7 Å². The second kappa shape index (κ2) is 16.4. The molecular formula is C24H34N2O5S2. The van der Waals surface area contributed by atoms with Crippen molar-refractivity contribution < 1.29 is 24.6 Å². The van der Waals surface area contributed by atoms with Crippen LogP contribution in [0.2, 0.25) is 0 Å². The summed E-state index contributed by atoms with van der Waals surface area (Å²) in [6.07, 6.45) is 7.62. The largest absolute Gasteiger partial charge is 0.473 e. The molecule has 2 heterocycles. The Hall–Kier alpha value is -2.23. The molecule has 0 amide bonds. The number of carbonyl (C=O) groups is 3. The molecule has 0 radical (unpaired) electrons. The van der Waals surface area contributed by atoms with Gasteiger partial charge in [-0.1, -0.05) is 45.6 Å². The first kappa shape index (κ1) is 28.8. The van der Waals surface area contributed by atoms with E-state index in [-0.39, 0.29) is 5.78 Å². The van der Waals surface area contributed by atoms with Crippen LogP contribution in [-0.4, -0.2) is 52.3 Å². The van der Waals surface area contributed by atoms with Crippen molar-refractivity contribution in [2.75, 3.05) is 19.3 Å². The van der Waals surface area contributed by atoms with Crippen molar-refractivity contribution in [3.8, 4) is 0 Å². The molecular weight excluding hydrogens is 460 g/mol. The van der Waals surface area contributed by atoms with Gasteiger partial charge in [-0.3, -0.25) is 4.79 Å². The molecule has 7 nitrogen and oxygen atoms in total. The molecule has 0 spiro atoms. The molecule has 3 N–H and O–H groups in total. The van der Waals surface area contributed by atoms with Crippen molar-refractivity contribution in [2.45, 2.75) is 63.3 Å². The van der Waals surface area contributed by atoms with Gasteiger partial charge in [0.2, 0.25) is 5.78 Å². The van der Waals surface area contributed by atoms with Gasteiger partial charge < -0.3 is 15.5 Å². The maximum Gasteiger partial charge on any atom is 0.414 e. The van der Waals surface area contributed by atoms with Crippen LogP contribution in [0.4, 0.5) is 0 Å². The van der Waals surface area contributed by atoms with Crippen molar-refractivity contribution in [1.82, 2.24) is 10.3 Å². The SMILES string of the molecule is CNCCCCCCCCSc1nc(C(C)C)ccc1C(=O)c1cccs1.O=C(O)C(=O)O. The molecule has 0 aliphatic carbocycles. The lowest BCUT2D eigenvalue weighted by Gasteiger charge is -2.11. The maximum absolute atomic E-state index is 12.8. The first-order valence-electron chi connectivity index (χ1n) is 11.1. The zero-order valence-corrected chi connectivity index (χ0v) is 21.1. The number of nitrogens with one attached hydrogen (secondary N) is 1. The monoisotopic (exact) mass is 494 g/mol. The van der Waals surface area contributed by atoms with E-state index in [1.54, 1.807) is 11.8 Å². The molecule has 2 aromatic rings. The van der Waals surface area contributed by atoms with E-state index >= 15 is 0 Å². The number of ketones is 1. The second-order valence-electron chi connectivity index (χ2n) is 7.73. The summed E-state index contributed by atoms with van der Waals surface area (Å²) < 4.78 is 0. The molecule has 0 saturated carbocycles. The van der Waals surface area contributed by atoms with E-state index in [0.29, 0.717) is 5.92 Å². The number of carboxylic acids is 2. The third-order valence-electron chi connectivity index (χ3n) is 4.71. The molecule has 33 heavy (non-hydrogen) atoms. The molecule has 0 saturated heterocycles. The Labute approximate surface area is 204 Å². The van der Waals surface area contributed by atoms with Crippen molar-refractivity contribution in [3.63, 3.8) is 0 Å². The van der Waals surface area contributed by atoms with E-state index < -0.39 is 11.9 Å². The van der Waals surface area contributed by atoms with Crippen molar-refractivity contribution in [1.29, 1.82) is 0 Å². The molecule has 0 unspecified atom stereocenters. The summed E-state index contributed by atoms with van der Waals surface area (Å²) in [7, 11) is 2.01. The highest BCUT2D eigenvalue weighted by molar-refractivity contribution is 7.99. The number of thiophene rings is 1. The number of hydrogen-bond acceptors (Lipinski definition) is 7. The molecule has 0 atom stereocenters. The Morgan fingerprint density at radius 3 is 2.18 bits per heavy atom. The maximum atomic E-state index is 12.8. The number of carbonyl (C=O) groups excluding carboxylic acids is 1. The number of nitrogens with zero attached hydrogens (tertiary/aromatic N) is 1. The van der Waals surface area contributed by atoms with Crippen LogP contribution in [0.5, 0.6) is 0 Å². The average Bonchev–Trinajstić information content (AvgIpc) is 3.32. The summed E-state index contributed by atoms with van der Waals surface area (Å²) in [5.74, 6) is -2.16. The van der Waals surface area contributed by atoms with E-state index in [4.69, 9.17) is 24.8 Å². The van der Waals surface area contributed by atoms with Gasteiger partial charge in [-0.2, -0.15) is 0 Å². The molecule has 0 aliphatic rings. The van der Waals surface area contributed by atoms with Gasteiger partial charge in [0.15, 0.2) is 0 Å². The van der Waals surface area contributed by atoms with E-state index in [1.165, 1.54) is 49.9 Å². The molecule has 9 heteroatoms. The van der Waals surface area contributed by atoms with Crippen LogP contribution in [0, 0.1) is 0 Å². The second-order valence-corrected chi connectivity index (χ2v) is 9.76. The van der Waals surface area contributed by atoms with Crippen LogP contribution in [-0.2, 0) is 9.59 Å². The smallest absolute Gasteiger partial charge is 0.414 e. The highest BCUT2D eigenvalue weighted by Crippen LogP contribution is 2.28. The minimum Gasteiger partial charge on any atom is -0.473 e. The Morgan fingerprint density at radius 2 is 1.64 bits per heavy atom. The number of pyridine rings is 1. The van der Waals surface area contributed by atoms with Crippen molar-refractivity contribution in [3.05, 3.63) is 45.8 Å². The van der Waals surface area contributed by atoms with Gasteiger partial charge >= 0.3 is 11.9 Å². The fourth-order valence-electron chi connectivity index (χ4n) is 2.88. The number of aliphatic carboxylic acids is 2. The molecule has 0 aliphatic heterocycles. The third-order valence-corrected chi connectivity index (χ3v) is 6.65. The molecule has 0 aromatic carbocycles. The van der Waals surface area contributed by atoms with Gasteiger partial charge in [-0.25, -0.2) is 14.6 Å². The number of rotatable bonds is 13. The predicted molar refractivity (Wildman–Crippen MR) is 134 cm³/mol. The Balaban J connectivity index is 0.000000801. The van der Waals surface area contributed by atoms with Gasteiger partial charge in [0.05, 0.1) is 10.4 Å². The van der Waals surface area contributed by atoms with Crippen molar-refractivity contribution >= 4 is 40.8 Å². The van der Waals surface area contributed by atoms with Crippen LogP contribution in [0.3, 0.4) is 0 Å². The molecule has 2 rings (SSSR count). The van der Waals surface area contributed by atoms with E-state index in [2.05, 4.69) is 19.2 Å². The fourth-order valence-corrected chi connectivity index (χ4v) is 4.59. The summed E-state index contributed by atoms with van der Waals surface area (Å²) in [5.41, 5.74) is 1.81. The Kier molecular flexibility index (Phi) is 14.3. The Morgan fingerprint density at radius 1 is 1.00 bits per heavy atom. The first-order chi connectivity index (χ1) is 15.8. The fraction of sp³-hybridized carbons (Fsp3) is 0.500. The van der Waals surface area contributed by atoms with Gasteiger partial charge in [0.1, 0.15) is 5.03 Å². The Bertz CT molecular complexity index is 858. The van der Waals surface area contributed by atoms with Gasteiger partial charge in [0, 0.05) is 5.69 Å². The number of unbranched alkanes of at least 4 members (excludes halogenated alkanes) is 5. The van der Waals surface area contributed by atoms with Gasteiger partial charge in [-0.15, -0.1) is 23.1 Å². The minimum atomic E-state index is -1.82. The molecule has 0 fully saturated rings. The van der Waals surface area contributed by atoms with E-state index in [9.17, 15) is 4.79 Å². The lowest BCUT2D eigenvalue weighted by Crippen LogP contribution is -2.09. The zero-order valence-electron chi connectivity index (χ0n) is 19.5. The molecule has 182 valence electrons. The summed E-state index contributed by atoms with van der Waals surface area (Å²) in [6, 6.07) is 7.79. The lowest BCUT2D eigenvalue weighted by molar-refractivity contribution is -0.159. The summed E-state index contributed by atoms with van der Waals surface area (Å²) >= 11 is 3.24. The predicted octanol–water partition coefficient (Wildman–Crippen LogP) is 5.31. The number of thioether (sulfide) groups is 1. The van der Waals surface area contributed by atoms with Gasteiger partial charge in [-0.05, 0) is 61.7 Å².